The van der Waals surface area contributed by atoms with Gasteiger partial charge < -0.3 is 14.8 Å². The Morgan fingerprint density at radius 3 is 2.42 bits per heavy atom. The van der Waals surface area contributed by atoms with E-state index in [1.807, 2.05) is 6.07 Å². The number of carbonyl (C=O) groups is 2. The van der Waals surface area contributed by atoms with Crippen LogP contribution in [0.4, 0.5) is 5.69 Å². The fourth-order valence-electron chi connectivity index (χ4n) is 4.03. The lowest BCUT2D eigenvalue weighted by atomic mass is 10.1. The molecule has 0 aromatic heterocycles. The van der Waals surface area contributed by atoms with Crippen molar-refractivity contribution in [2.75, 3.05) is 30.3 Å². The second kappa shape index (κ2) is 13.7. The summed E-state index contributed by atoms with van der Waals surface area (Å²) in [5, 5.41) is 6.80. The molecule has 1 atom stereocenters. The second-order valence-corrected chi connectivity index (χ2v) is 11.2. The molecule has 0 bridgehead atoms. The Morgan fingerprint density at radius 1 is 1.05 bits per heavy atom. The zero-order chi connectivity index (χ0) is 28.4. The number of carbonyl (C=O) groups excluding carboxylic acids is 2. The summed E-state index contributed by atoms with van der Waals surface area (Å²) in [7, 11) is -3.49. The third-order valence-electron chi connectivity index (χ3n) is 6.17. The van der Waals surface area contributed by atoms with Gasteiger partial charge in [-0.1, -0.05) is 30.3 Å². The molecule has 1 saturated heterocycles. The second-order valence-electron chi connectivity index (χ2n) is 9.30. The van der Waals surface area contributed by atoms with Gasteiger partial charge in [0.15, 0.2) is 6.61 Å². The van der Waals surface area contributed by atoms with Crippen molar-refractivity contribution in [2.24, 2.45) is 5.10 Å². The van der Waals surface area contributed by atoms with Crippen molar-refractivity contribution in [3.63, 3.8) is 0 Å². The molecule has 0 saturated carbocycles. The molecule has 2 amide bonds. The molecule has 3 aromatic rings. The Hall–Kier alpha value is -4.22. The molecule has 3 aromatic carbocycles. The first-order valence-corrected chi connectivity index (χ1v) is 14.7. The highest BCUT2D eigenvalue weighted by Gasteiger charge is 2.18. The largest absolute Gasteiger partial charge is 0.484 e. The number of anilines is 1. The van der Waals surface area contributed by atoms with Gasteiger partial charge in [-0.05, 0) is 72.5 Å². The minimum Gasteiger partial charge on any atom is -0.484 e. The van der Waals surface area contributed by atoms with Crippen molar-refractivity contribution in [3.05, 3.63) is 95.6 Å². The summed E-state index contributed by atoms with van der Waals surface area (Å²) in [6.07, 6.45) is 4.72. The Balaban J connectivity index is 1.23. The summed E-state index contributed by atoms with van der Waals surface area (Å²) in [5.41, 5.74) is 4.89. The summed E-state index contributed by atoms with van der Waals surface area (Å²) in [6.45, 7) is 1.28. The van der Waals surface area contributed by atoms with Gasteiger partial charge in [-0.3, -0.25) is 13.9 Å². The highest BCUT2D eigenvalue weighted by Crippen LogP contribution is 2.20. The van der Waals surface area contributed by atoms with Gasteiger partial charge in [0.05, 0.1) is 30.8 Å². The number of rotatable bonds is 12. The molecule has 11 heteroatoms. The van der Waals surface area contributed by atoms with Gasteiger partial charge in [0, 0.05) is 18.7 Å². The average molecular weight is 565 g/mol. The van der Waals surface area contributed by atoms with Crippen LogP contribution in [0.15, 0.2) is 84.0 Å². The Morgan fingerprint density at radius 2 is 1.77 bits per heavy atom. The predicted molar refractivity (Wildman–Crippen MR) is 153 cm³/mol. The highest BCUT2D eigenvalue weighted by atomic mass is 32.2. The molecular formula is C29H32N4O6S. The molecule has 1 aliphatic heterocycles. The first-order chi connectivity index (χ1) is 19.3. The number of nitrogens with one attached hydrogen (secondary N) is 2. The van der Waals surface area contributed by atoms with Crippen LogP contribution >= 0.6 is 0 Å². The lowest BCUT2D eigenvalue weighted by Gasteiger charge is -2.22. The van der Waals surface area contributed by atoms with Crippen LogP contribution in [-0.2, 0) is 26.1 Å². The van der Waals surface area contributed by atoms with Gasteiger partial charge in [-0.25, -0.2) is 13.8 Å². The molecule has 40 heavy (non-hydrogen) atoms. The highest BCUT2D eigenvalue weighted by molar-refractivity contribution is 7.92. The fraction of sp³-hybridized carbons (Fsp3) is 0.276. The van der Waals surface area contributed by atoms with Gasteiger partial charge in [0.1, 0.15) is 5.75 Å². The topological polar surface area (TPSA) is 126 Å². The maximum Gasteiger partial charge on any atom is 0.271 e. The molecule has 1 heterocycles. The van der Waals surface area contributed by atoms with Crippen LogP contribution in [0.1, 0.15) is 34.3 Å². The third kappa shape index (κ3) is 8.65. The Kier molecular flexibility index (Phi) is 9.87. The van der Waals surface area contributed by atoms with Crippen molar-refractivity contribution < 1.29 is 27.5 Å². The van der Waals surface area contributed by atoms with Crippen LogP contribution in [0, 0.1) is 0 Å². The van der Waals surface area contributed by atoms with Crippen LogP contribution in [0.5, 0.6) is 5.75 Å². The quantitative estimate of drug-likeness (QED) is 0.257. The number of hydrogen-bond acceptors (Lipinski definition) is 7. The summed E-state index contributed by atoms with van der Waals surface area (Å²) in [5.74, 6) is -0.0733. The molecule has 0 aliphatic carbocycles. The smallest absolute Gasteiger partial charge is 0.271 e. The zero-order valence-corrected chi connectivity index (χ0v) is 23.0. The Bertz CT molecular complexity index is 1410. The molecule has 0 unspecified atom stereocenters. The maximum absolute atomic E-state index is 12.5. The number of benzene rings is 3. The van der Waals surface area contributed by atoms with E-state index in [9.17, 15) is 18.0 Å². The van der Waals surface area contributed by atoms with Crippen molar-refractivity contribution in [3.8, 4) is 5.75 Å². The molecule has 0 radical (unpaired) electrons. The van der Waals surface area contributed by atoms with Crippen LogP contribution in [0.25, 0.3) is 0 Å². The third-order valence-corrected chi connectivity index (χ3v) is 7.31. The van der Waals surface area contributed by atoms with Crippen LogP contribution in [0.3, 0.4) is 0 Å². The molecule has 10 nitrogen and oxygen atoms in total. The molecule has 4 rings (SSSR count). The van der Waals surface area contributed by atoms with E-state index in [1.165, 1.54) is 10.5 Å². The summed E-state index contributed by atoms with van der Waals surface area (Å²) < 4.78 is 36.9. The number of sulfonamides is 1. The summed E-state index contributed by atoms with van der Waals surface area (Å²) in [4.78, 5) is 24.4. The molecule has 1 fully saturated rings. The van der Waals surface area contributed by atoms with E-state index >= 15 is 0 Å². The van der Waals surface area contributed by atoms with E-state index in [0.29, 0.717) is 23.5 Å². The van der Waals surface area contributed by atoms with E-state index < -0.39 is 15.9 Å². The number of amides is 2. The predicted octanol–water partition coefficient (Wildman–Crippen LogP) is 3.09. The lowest BCUT2D eigenvalue weighted by Crippen LogP contribution is -2.35. The van der Waals surface area contributed by atoms with Crippen molar-refractivity contribution in [1.29, 1.82) is 0 Å². The number of nitrogens with zero attached hydrogens (tertiary/aromatic N) is 2. The van der Waals surface area contributed by atoms with E-state index in [-0.39, 0.29) is 25.2 Å². The van der Waals surface area contributed by atoms with Crippen LogP contribution < -0.4 is 19.8 Å². The first-order valence-electron chi connectivity index (χ1n) is 12.8. The van der Waals surface area contributed by atoms with Crippen molar-refractivity contribution in [2.45, 2.75) is 25.5 Å². The fourth-order valence-corrected chi connectivity index (χ4v) is 4.92. The summed E-state index contributed by atoms with van der Waals surface area (Å²) in [6, 6.07) is 22.4. The number of hydrogen-bond donors (Lipinski definition) is 2. The first kappa shape index (κ1) is 28.8. The normalized spacial score (nSPS) is 15.1. The van der Waals surface area contributed by atoms with Crippen LogP contribution in [-0.4, -0.2) is 58.6 Å². The van der Waals surface area contributed by atoms with Crippen LogP contribution in [0.2, 0.25) is 0 Å². The molecule has 0 spiro atoms. The van der Waals surface area contributed by atoms with Crippen molar-refractivity contribution in [1.82, 2.24) is 10.7 Å². The molecule has 210 valence electrons. The SMILES string of the molecule is CS(=O)(=O)N(Cc1ccc(C(=O)N/N=C\c2ccc(OCC(=O)NC[C@H]3CCCO3)cc2)cc1)c1ccccc1. The van der Waals surface area contributed by atoms with Gasteiger partial charge in [-0.2, -0.15) is 5.10 Å². The molecule has 2 N–H and O–H groups in total. The van der Waals surface area contributed by atoms with E-state index in [2.05, 4.69) is 15.8 Å². The number of ether oxygens (including phenoxy) is 2. The number of hydrazone groups is 1. The minimum atomic E-state index is -3.49. The minimum absolute atomic E-state index is 0.0835. The lowest BCUT2D eigenvalue weighted by molar-refractivity contribution is -0.123. The van der Waals surface area contributed by atoms with E-state index in [0.717, 1.165) is 36.8 Å². The maximum atomic E-state index is 12.5. The van der Waals surface area contributed by atoms with E-state index in [1.54, 1.807) is 72.8 Å². The molecular weight excluding hydrogens is 532 g/mol. The zero-order valence-electron chi connectivity index (χ0n) is 22.2. The standard InChI is InChI=1S/C29H32N4O6S/c1-40(36,37)33(25-6-3-2-4-7-25)20-23-9-13-24(14-10-23)29(35)32-31-18-22-11-15-26(16-12-22)39-21-28(34)30-19-27-8-5-17-38-27/h2-4,6-7,9-16,18,27H,5,8,17,19-21H2,1H3,(H,30,34)(H,32,35)/b31-18-/t27-/m1/s1. The Labute approximate surface area is 234 Å². The average Bonchev–Trinajstić information content (AvgIpc) is 3.48. The summed E-state index contributed by atoms with van der Waals surface area (Å²) >= 11 is 0. The van der Waals surface area contributed by atoms with Gasteiger partial charge in [-0.15, -0.1) is 0 Å². The monoisotopic (exact) mass is 564 g/mol. The van der Waals surface area contributed by atoms with Gasteiger partial charge >= 0.3 is 0 Å². The van der Waals surface area contributed by atoms with Gasteiger partial charge in [0.2, 0.25) is 10.0 Å². The molecule has 1 aliphatic rings. The number of para-hydroxylation sites is 1. The van der Waals surface area contributed by atoms with Gasteiger partial charge in [0.25, 0.3) is 11.8 Å². The van der Waals surface area contributed by atoms with Crippen molar-refractivity contribution >= 4 is 33.7 Å². The van der Waals surface area contributed by atoms with E-state index in [4.69, 9.17) is 9.47 Å².